The van der Waals surface area contributed by atoms with Crippen molar-refractivity contribution < 1.29 is 23.8 Å². The first-order valence-electron chi connectivity index (χ1n) is 12.7. The molecule has 5 rings (SSSR count). The molecular formula is C30H28N4O6. The Morgan fingerprint density at radius 2 is 1.65 bits per heavy atom. The molecule has 0 unspecified atom stereocenters. The molecule has 0 saturated carbocycles. The Balaban J connectivity index is 1.64. The number of aromatic nitrogens is 1. The first-order valence-corrected chi connectivity index (χ1v) is 12.7. The third-order valence-electron chi connectivity index (χ3n) is 6.55. The summed E-state index contributed by atoms with van der Waals surface area (Å²) >= 11 is 0. The number of nitrogens with zero attached hydrogens (tertiary/aromatic N) is 3. The Kier molecular flexibility index (Phi) is 6.85. The van der Waals surface area contributed by atoms with Crippen LogP contribution in [0.25, 0.3) is 11.3 Å². The number of anilines is 1. The van der Waals surface area contributed by atoms with Crippen molar-refractivity contribution >= 4 is 23.4 Å². The minimum atomic E-state index is -1.76. The largest absolute Gasteiger partial charge is 0.444 e. The number of carbonyl (C=O) groups excluding carboxylic acids is 2. The lowest BCUT2D eigenvalue weighted by Crippen LogP contribution is -2.55. The lowest BCUT2D eigenvalue weighted by atomic mass is 9.86. The summed E-state index contributed by atoms with van der Waals surface area (Å²) in [6.45, 7) is 5.35. The number of nitro groups is 1. The number of para-hydroxylation sites is 1. The zero-order valence-corrected chi connectivity index (χ0v) is 22.3. The highest BCUT2D eigenvalue weighted by atomic mass is 16.6. The number of amides is 2. The van der Waals surface area contributed by atoms with Gasteiger partial charge < -0.3 is 19.5 Å². The molecule has 1 aromatic heterocycles. The molecule has 0 spiro atoms. The van der Waals surface area contributed by atoms with Gasteiger partial charge in [0.25, 0.3) is 5.91 Å². The minimum Gasteiger partial charge on any atom is -0.444 e. The van der Waals surface area contributed by atoms with Gasteiger partial charge in [0.05, 0.1) is 23.6 Å². The van der Waals surface area contributed by atoms with Crippen LogP contribution < -0.4 is 10.2 Å². The van der Waals surface area contributed by atoms with Crippen LogP contribution in [0.1, 0.15) is 37.7 Å². The third-order valence-corrected chi connectivity index (χ3v) is 6.55. The fraction of sp³-hybridized carbons (Fsp3) is 0.233. The molecule has 1 aliphatic heterocycles. The second-order valence-corrected chi connectivity index (χ2v) is 10.5. The zero-order chi connectivity index (χ0) is 28.5. The molecule has 0 saturated heterocycles. The van der Waals surface area contributed by atoms with Gasteiger partial charge in [-0.2, -0.15) is 0 Å². The van der Waals surface area contributed by atoms with Crippen molar-refractivity contribution in [3.63, 3.8) is 0 Å². The van der Waals surface area contributed by atoms with Gasteiger partial charge in [0.15, 0.2) is 11.2 Å². The number of nitrogens with one attached hydrogen (secondary N) is 1. The Morgan fingerprint density at radius 3 is 2.30 bits per heavy atom. The van der Waals surface area contributed by atoms with Gasteiger partial charge in [0.1, 0.15) is 5.60 Å². The molecule has 204 valence electrons. The van der Waals surface area contributed by atoms with E-state index in [-0.39, 0.29) is 30.1 Å². The fourth-order valence-electron chi connectivity index (χ4n) is 4.91. The number of ether oxygens (including phenoxy) is 1. The molecule has 2 heterocycles. The molecule has 4 aromatic rings. The van der Waals surface area contributed by atoms with E-state index in [1.165, 1.54) is 0 Å². The van der Waals surface area contributed by atoms with E-state index >= 15 is 0 Å². The van der Waals surface area contributed by atoms with Gasteiger partial charge in [-0.05, 0) is 32.4 Å². The molecule has 3 aromatic carbocycles. The zero-order valence-electron chi connectivity index (χ0n) is 22.3. The first kappa shape index (κ1) is 26.6. The van der Waals surface area contributed by atoms with Gasteiger partial charge in [-0.3, -0.25) is 14.9 Å². The van der Waals surface area contributed by atoms with E-state index in [0.717, 1.165) is 5.56 Å². The van der Waals surface area contributed by atoms with Crippen LogP contribution in [0.4, 0.5) is 16.2 Å². The van der Waals surface area contributed by atoms with E-state index in [2.05, 4.69) is 10.5 Å². The van der Waals surface area contributed by atoms with Crippen LogP contribution in [0.5, 0.6) is 0 Å². The average molecular weight is 541 g/mol. The minimum absolute atomic E-state index is 0.0351. The number of fused-ring (bicyclic) bond motifs is 1. The summed E-state index contributed by atoms with van der Waals surface area (Å²) in [6, 6.07) is 25.1. The number of hydrogen-bond acceptors (Lipinski definition) is 7. The summed E-state index contributed by atoms with van der Waals surface area (Å²) in [5.74, 6) is -0.625. The van der Waals surface area contributed by atoms with Crippen LogP contribution in [0.3, 0.4) is 0 Å². The summed E-state index contributed by atoms with van der Waals surface area (Å²) < 4.78 is 11.1. The molecular weight excluding hydrogens is 512 g/mol. The maximum atomic E-state index is 14.4. The summed E-state index contributed by atoms with van der Waals surface area (Å²) in [4.78, 5) is 40.8. The molecule has 10 heteroatoms. The van der Waals surface area contributed by atoms with Crippen molar-refractivity contribution in [1.29, 1.82) is 0 Å². The molecule has 0 fully saturated rings. The third kappa shape index (κ3) is 5.03. The van der Waals surface area contributed by atoms with Crippen molar-refractivity contribution in [2.24, 2.45) is 0 Å². The van der Waals surface area contributed by atoms with Crippen LogP contribution in [0.15, 0.2) is 89.5 Å². The second kappa shape index (κ2) is 10.3. The van der Waals surface area contributed by atoms with Crippen LogP contribution in [-0.4, -0.2) is 27.7 Å². The van der Waals surface area contributed by atoms with Gasteiger partial charge in [-0.15, -0.1) is 0 Å². The molecule has 0 radical (unpaired) electrons. The van der Waals surface area contributed by atoms with E-state index in [9.17, 15) is 19.7 Å². The normalized spacial score (nSPS) is 16.5. The van der Waals surface area contributed by atoms with Gasteiger partial charge in [0, 0.05) is 11.1 Å². The van der Waals surface area contributed by atoms with Gasteiger partial charge >= 0.3 is 11.8 Å². The molecule has 0 aliphatic carbocycles. The fourth-order valence-corrected chi connectivity index (χ4v) is 4.91. The summed E-state index contributed by atoms with van der Waals surface area (Å²) in [5.41, 5.74) is -0.554. The molecule has 0 bridgehead atoms. The summed E-state index contributed by atoms with van der Waals surface area (Å²) in [7, 11) is 0. The average Bonchev–Trinajstić information content (AvgIpc) is 3.43. The molecule has 1 aliphatic rings. The highest BCUT2D eigenvalue weighted by molar-refractivity contribution is 6.09. The maximum Gasteiger partial charge on any atom is 0.408 e. The van der Waals surface area contributed by atoms with Crippen molar-refractivity contribution in [2.75, 3.05) is 4.90 Å². The monoisotopic (exact) mass is 540 g/mol. The van der Waals surface area contributed by atoms with Crippen LogP contribution in [0, 0.1) is 10.1 Å². The lowest BCUT2D eigenvalue weighted by molar-refractivity contribution is -0.385. The Hall–Kier alpha value is -4.99. The Bertz CT molecular complexity index is 1560. The molecule has 2 amide bonds. The van der Waals surface area contributed by atoms with Gasteiger partial charge in [-0.1, -0.05) is 84.0 Å². The van der Waals surface area contributed by atoms with Crippen molar-refractivity contribution in [3.8, 4) is 11.3 Å². The number of rotatable bonds is 7. The Labute approximate surface area is 230 Å². The van der Waals surface area contributed by atoms with Crippen LogP contribution in [0.2, 0.25) is 0 Å². The highest BCUT2D eigenvalue weighted by Crippen LogP contribution is 2.45. The predicted octanol–water partition coefficient (Wildman–Crippen LogP) is 5.76. The van der Waals surface area contributed by atoms with Crippen LogP contribution in [-0.2, 0) is 28.0 Å². The number of carbonyl (C=O) groups is 2. The standard InChI is InChI=1S/C30H28N4O6/c1-29(2,3)39-28(36)31-30(18-24-26(34(37)38)25(32-40-24)21-14-8-5-9-15-21)22-16-10-11-17-23(22)33(27(30)35)19-20-12-6-4-7-13-20/h4-17H,18-19H2,1-3H3,(H,31,36)/t30-/m1/s1. The van der Waals surface area contributed by atoms with E-state index in [4.69, 9.17) is 9.26 Å². The molecule has 1 N–H and O–H groups in total. The van der Waals surface area contributed by atoms with Gasteiger partial charge in [-0.25, -0.2) is 4.79 Å². The lowest BCUT2D eigenvalue weighted by Gasteiger charge is -2.30. The van der Waals surface area contributed by atoms with Crippen molar-refractivity contribution in [1.82, 2.24) is 10.5 Å². The number of benzene rings is 3. The first-order chi connectivity index (χ1) is 19.1. The Morgan fingerprint density at radius 1 is 1.02 bits per heavy atom. The molecule has 1 atom stereocenters. The maximum absolute atomic E-state index is 14.4. The van der Waals surface area contributed by atoms with E-state index in [0.29, 0.717) is 16.8 Å². The molecule has 40 heavy (non-hydrogen) atoms. The van der Waals surface area contributed by atoms with Crippen molar-refractivity contribution in [3.05, 3.63) is 112 Å². The number of hydrogen-bond donors (Lipinski definition) is 1. The summed E-state index contributed by atoms with van der Waals surface area (Å²) in [5, 5.41) is 19.1. The van der Waals surface area contributed by atoms with E-state index in [1.54, 1.807) is 80.3 Å². The quantitative estimate of drug-likeness (QED) is 0.233. The smallest absolute Gasteiger partial charge is 0.408 e. The van der Waals surface area contributed by atoms with E-state index in [1.807, 2.05) is 30.3 Å². The SMILES string of the molecule is CC(C)(C)OC(=O)N[C@@]1(Cc2onc(-c3ccccc3)c2[N+](=O)[O-])C(=O)N(Cc2ccccc2)c2ccccc21. The highest BCUT2D eigenvalue weighted by Gasteiger charge is 2.54. The summed E-state index contributed by atoms with van der Waals surface area (Å²) in [6.07, 6.45) is -1.20. The topological polar surface area (TPSA) is 128 Å². The van der Waals surface area contributed by atoms with E-state index < -0.39 is 28.1 Å². The van der Waals surface area contributed by atoms with Gasteiger partial charge in [0.2, 0.25) is 5.76 Å². The van der Waals surface area contributed by atoms with Crippen molar-refractivity contribution in [2.45, 2.75) is 44.9 Å². The molecule has 10 nitrogen and oxygen atoms in total. The second-order valence-electron chi connectivity index (χ2n) is 10.5. The van der Waals surface area contributed by atoms with Crippen LogP contribution >= 0.6 is 0 Å². The predicted molar refractivity (Wildman–Crippen MR) is 147 cm³/mol. The number of alkyl carbamates (subject to hydrolysis) is 1.